The lowest BCUT2D eigenvalue weighted by Crippen LogP contribution is -2.18. The molecule has 0 atom stereocenters. The molecule has 1 aromatic heterocycles. The molecule has 2 N–H and O–H groups in total. The summed E-state index contributed by atoms with van der Waals surface area (Å²) in [6.45, 7) is 1.77. The molecule has 3 aromatic rings. The second kappa shape index (κ2) is 9.03. The lowest BCUT2D eigenvalue weighted by atomic mass is 9.99. The first kappa shape index (κ1) is 21.3. The Bertz CT molecular complexity index is 1210. The summed E-state index contributed by atoms with van der Waals surface area (Å²) >= 11 is 1.54. The smallest absolute Gasteiger partial charge is 0.280 e. The van der Waals surface area contributed by atoms with E-state index >= 15 is 0 Å². The molecule has 160 valence electrons. The molecule has 0 fully saturated rings. The van der Waals surface area contributed by atoms with Crippen LogP contribution in [0, 0.1) is 0 Å². The summed E-state index contributed by atoms with van der Waals surface area (Å²) in [4.78, 5) is 14.7. The van der Waals surface area contributed by atoms with Crippen LogP contribution in [0.25, 0.3) is 0 Å². The van der Waals surface area contributed by atoms with Gasteiger partial charge in [0, 0.05) is 10.6 Å². The van der Waals surface area contributed by atoms with Crippen LogP contribution in [0.1, 0.15) is 45.4 Å². The number of aryl methyl sites for hydroxylation is 2. The van der Waals surface area contributed by atoms with Gasteiger partial charge in [-0.25, -0.2) is 13.8 Å². The van der Waals surface area contributed by atoms with E-state index in [0.717, 1.165) is 12.8 Å². The minimum absolute atomic E-state index is 0.191. The van der Waals surface area contributed by atoms with Crippen molar-refractivity contribution < 1.29 is 13.2 Å². The molecule has 4 rings (SSSR count). The van der Waals surface area contributed by atoms with Crippen LogP contribution >= 0.6 is 11.3 Å². The Morgan fingerprint density at radius 1 is 1.00 bits per heavy atom. The van der Waals surface area contributed by atoms with Crippen molar-refractivity contribution in [3.8, 4) is 0 Å². The standard InChI is InChI=1S/C23H23N3O3S2/c1-16(24-25-23(27)22-15-18-8-5-6-13-21(18)30-22)17-9-7-10-19(14-17)26-31(28,29)20-11-3-2-4-12-20/h2-4,7,9-12,14-15,26H,5-6,8,13H2,1H3,(H,25,27)/b24-16-. The van der Waals surface area contributed by atoms with Gasteiger partial charge in [0.15, 0.2) is 0 Å². The molecule has 1 aliphatic carbocycles. The SMILES string of the molecule is C/C(=N/NC(=O)c1cc2c(s1)CCCC2)c1cccc(NS(=O)(=O)c2ccccc2)c1. The fourth-order valence-electron chi connectivity index (χ4n) is 3.48. The Morgan fingerprint density at radius 3 is 2.55 bits per heavy atom. The topological polar surface area (TPSA) is 87.6 Å². The zero-order valence-electron chi connectivity index (χ0n) is 17.1. The molecular weight excluding hydrogens is 430 g/mol. The van der Waals surface area contributed by atoms with E-state index in [4.69, 9.17) is 0 Å². The Kier molecular flexibility index (Phi) is 6.20. The average Bonchev–Trinajstić information content (AvgIpc) is 3.22. The third-order valence-electron chi connectivity index (χ3n) is 5.13. The normalized spacial score (nSPS) is 14.0. The van der Waals surface area contributed by atoms with Crippen molar-refractivity contribution in [2.24, 2.45) is 5.10 Å². The van der Waals surface area contributed by atoms with Crippen LogP contribution in [0.15, 0.2) is 70.7 Å². The van der Waals surface area contributed by atoms with Gasteiger partial charge in [-0.15, -0.1) is 11.3 Å². The number of carbonyl (C=O) groups excluding carboxylic acids is 1. The van der Waals surface area contributed by atoms with Crippen LogP contribution in [-0.4, -0.2) is 20.0 Å². The van der Waals surface area contributed by atoms with Gasteiger partial charge in [0.25, 0.3) is 15.9 Å². The van der Waals surface area contributed by atoms with E-state index in [0.29, 0.717) is 21.8 Å². The first-order valence-corrected chi connectivity index (χ1v) is 12.4. The zero-order chi connectivity index (χ0) is 21.8. The number of nitrogens with one attached hydrogen (secondary N) is 2. The minimum atomic E-state index is -3.68. The summed E-state index contributed by atoms with van der Waals surface area (Å²) in [5.41, 5.74) is 5.61. The molecule has 31 heavy (non-hydrogen) atoms. The Hall–Kier alpha value is -2.97. The van der Waals surface area contributed by atoms with Gasteiger partial charge in [0.05, 0.1) is 15.5 Å². The van der Waals surface area contributed by atoms with Crippen LogP contribution in [0.3, 0.4) is 0 Å². The van der Waals surface area contributed by atoms with E-state index in [2.05, 4.69) is 15.2 Å². The average molecular weight is 454 g/mol. The number of rotatable bonds is 6. The van der Waals surface area contributed by atoms with Gasteiger partial charge >= 0.3 is 0 Å². The summed E-state index contributed by atoms with van der Waals surface area (Å²) in [6, 6.07) is 17.1. The van der Waals surface area contributed by atoms with E-state index in [9.17, 15) is 13.2 Å². The quantitative estimate of drug-likeness (QED) is 0.423. The number of hydrogen-bond acceptors (Lipinski definition) is 5. The summed E-state index contributed by atoms with van der Waals surface area (Å²) < 4.78 is 27.7. The Balaban J connectivity index is 1.46. The van der Waals surface area contributed by atoms with E-state index in [1.807, 2.05) is 12.1 Å². The van der Waals surface area contributed by atoms with Crippen molar-refractivity contribution in [1.82, 2.24) is 5.43 Å². The predicted molar refractivity (Wildman–Crippen MR) is 124 cm³/mol. The number of amides is 1. The van der Waals surface area contributed by atoms with Gasteiger partial charge in [-0.3, -0.25) is 9.52 Å². The number of fused-ring (bicyclic) bond motifs is 1. The molecule has 0 aliphatic heterocycles. The number of hydrogen-bond donors (Lipinski definition) is 2. The van der Waals surface area contributed by atoms with Crippen molar-refractivity contribution in [2.75, 3.05) is 4.72 Å². The summed E-state index contributed by atoms with van der Waals surface area (Å²) in [6.07, 6.45) is 4.43. The molecule has 0 radical (unpaired) electrons. The van der Waals surface area contributed by atoms with Crippen LogP contribution in [-0.2, 0) is 22.9 Å². The Labute approximate surface area is 186 Å². The third kappa shape index (κ3) is 5.03. The number of benzene rings is 2. The second-order valence-corrected chi connectivity index (χ2v) is 10.2. The first-order chi connectivity index (χ1) is 14.9. The minimum Gasteiger partial charge on any atom is -0.280 e. The first-order valence-electron chi connectivity index (χ1n) is 10.1. The predicted octanol–water partition coefficient (Wildman–Crippen LogP) is 4.58. The highest BCUT2D eigenvalue weighted by molar-refractivity contribution is 7.92. The van der Waals surface area contributed by atoms with E-state index < -0.39 is 10.0 Å². The number of hydrazone groups is 1. The summed E-state index contributed by atoms with van der Waals surface area (Å²) in [5, 5.41) is 4.22. The Morgan fingerprint density at radius 2 is 1.77 bits per heavy atom. The number of carbonyl (C=O) groups is 1. The highest BCUT2D eigenvalue weighted by atomic mass is 32.2. The van der Waals surface area contributed by atoms with Crippen molar-refractivity contribution in [3.63, 3.8) is 0 Å². The van der Waals surface area contributed by atoms with Gasteiger partial charge in [0.2, 0.25) is 0 Å². The van der Waals surface area contributed by atoms with Gasteiger partial charge in [-0.2, -0.15) is 5.10 Å². The molecule has 2 aromatic carbocycles. The van der Waals surface area contributed by atoms with Crippen LogP contribution in [0.5, 0.6) is 0 Å². The van der Waals surface area contributed by atoms with Gasteiger partial charge in [0.1, 0.15) is 0 Å². The summed E-state index contributed by atoms with van der Waals surface area (Å²) in [5.74, 6) is -0.223. The van der Waals surface area contributed by atoms with Crippen molar-refractivity contribution in [3.05, 3.63) is 81.5 Å². The number of anilines is 1. The molecule has 6 nitrogen and oxygen atoms in total. The molecule has 0 unspecified atom stereocenters. The monoisotopic (exact) mass is 453 g/mol. The lowest BCUT2D eigenvalue weighted by molar-refractivity contribution is 0.0959. The van der Waals surface area contributed by atoms with Crippen LogP contribution < -0.4 is 10.1 Å². The van der Waals surface area contributed by atoms with Gasteiger partial charge in [-0.1, -0.05) is 30.3 Å². The molecule has 0 saturated heterocycles. The molecule has 8 heteroatoms. The van der Waals surface area contributed by atoms with E-state index in [-0.39, 0.29) is 10.8 Å². The largest absolute Gasteiger partial charge is 0.281 e. The van der Waals surface area contributed by atoms with E-state index in [1.165, 1.54) is 46.8 Å². The highest BCUT2D eigenvalue weighted by Crippen LogP contribution is 2.29. The fourth-order valence-corrected chi connectivity index (χ4v) is 5.69. The molecule has 0 bridgehead atoms. The van der Waals surface area contributed by atoms with Crippen molar-refractivity contribution >= 4 is 38.7 Å². The van der Waals surface area contributed by atoms with Crippen LogP contribution in [0.4, 0.5) is 5.69 Å². The third-order valence-corrected chi connectivity index (χ3v) is 7.76. The van der Waals surface area contributed by atoms with Crippen LogP contribution in [0.2, 0.25) is 0 Å². The summed E-state index contributed by atoms with van der Waals surface area (Å²) in [7, 11) is -3.68. The fraction of sp³-hybridized carbons (Fsp3) is 0.217. The van der Waals surface area contributed by atoms with Crippen molar-refractivity contribution in [1.29, 1.82) is 0 Å². The maximum absolute atomic E-state index is 12.5. The molecule has 1 aliphatic rings. The maximum Gasteiger partial charge on any atom is 0.281 e. The number of nitrogens with zero attached hydrogens (tertiary/aromatic N) is 1. The maximum atomic E-state index is 12.5. The van der Waals surface area contributed by atoms with Crippen molar-refractivity contribution in [2.45, 2.75) is 37.5 Å². The highest BCUT2D eigenvalue weighted by Gasteiger charge is 2.17. The van der Waals surface area contributed by atoms with Gasteiger partial charge < -0.3 is 0 Å². The molecule has 0 saturated carbocycles. The van der Waals surface area contributed by atoms with E-state index in [1.54, 1.807) is 43.3 Å². The molecule has 1 heterocycles. The molecular formula is C23H23N3O3S2. The zero-order valence-corrected chi connectivity index (χ0v) is 18.7. The van der Waals surface area contributed by atoms with Gasteiger partial charge in [-0.05, 0) is 74.1 Å². The molecule has 1 amide bonds. The lowest BCUT2D eigenvalue weighted by Gasteiger charge is -2.09. The second-order valence-electron chi connectivity index (χ2n) is 7.40. The number of thiophene rings is 1. The number of sulfonamides is 1. The molecule has 0 spiro atoms.